The van der Waals surface area contributed by atoms with Gasteiger partial charge < -0.3 is 20.8 Å². The van der Waals surface area contributed by atoms with Crippen molar-refractivity contribution in [2.45, 2.75) is 25.4 Å². The van der Waals surface area contributed by atoms with Gasteiger partial charge in [0.15, 0.2) is 0 Å². The van der Waals surface area contributed by atoms with Crippen LogP contribution in [0, 0.1) is 5.92 Å². The Morgan fingerprint density at radius 3 is 2.26 bits per heavy atom. The second-order valence-corrected chi connectivity index (χ2v) is 5.32. The molecule has 1 unspecified atom stereocenters. The third kappa shape index (κ3) is 5.84. The minimum Gasteiger partial charge on any atom is -0.394 e. The van der Waals surface area contributed by atoms with Crippen molar-refractivity contribution in [3.63, 3.8) is 0 Å². The van der Waals surface area contributed by atoms with E-state index in [0.29, 0.717) is 0 Å². The van der Waals surface area contributed by atoms with Gasteiger partial charge in [-0.15, -0.1) is 6.58 Å². The number of aliphatic hydroxyl groups is 2. The van der Waals surface area contributed by atoms with E-state index in [1.54, 1.807) is 31.2 Å². The molecule has 1 rings (SSSR count). The number of carbonyl (C=O) groups excluding carboxylic acids is 2. The third-order valence-corrected chi connectivity index (χ3v) is 3.40. The number of aliphatic hydroxyl groups excluding tert-OH is 2. The first-order valence-electron chi connectivity index (χ1n) is 7.51. The van der Waals surface area contributed by atoms with E-state index in [1.165, 1.54) is 6.08 Å². The molecule has 0 bridgehead atoms. The number of amides is 2. The zero-order chi connectivity index (χ0) is 17.2. The summed E-state index contributed by atoms with van der Waals surface area (Å²) in [6.07, 6.45) is 1.66. The summed E-state index contributed by atoms with van der Waals surface area (Å²) in [6, 6.07) is 8.01. The minimum atomic E-state index is -0.959. The lowest BCUT2D eigenvalue weighted by atomic mass is 10.0. The quantitative estimate of drug-likeness (QED) is 0.394. The van der Waals surface area contributed by atoms with Crippen molar-refractivity contribution in [2.24, 2.45) is 5.92 Å². The normalized spacial score (nSPS) is 14.4. The number of nitrogens with one attached hydrogen (secondary N) is 2. The van der Waals surface area contributed by atoms with Gasteiger partial charge in [-0.1, -0.05) is 36.4 Å². The van der Waals surface area contributed by atoms with Crippen LogP contribution >= 0.6 is 0 Å². The van der Waals surface area contributed by atoms with Crippen molar-refractivity contribution < 1.29 is 19.8 Å². The third-order valence-electron chi connectivity index (χ3n) is 3.40. The molecule has 0 saturated heterocycles. The first kappa shape index (κ1) is 18.9. The first-order valence-corrected chi connectivity index (χ1v) is 7.51. The second-order valence-electron chi connectivity index (χ2n) is 5.32. The Kier molecular flexibility index (Phi) is 8.01. The summed E-state index contributed by atoms with van der Waals surface area (Å²) in [7, 11) is 0. The van der Waals surface area contributed by atoms with E-state index in [-0.39, 0.29) is 19.6 Å². The second kappa shape index (κ2) is 9.76. The van der Waals surface area contributed by atoms with Crippen molar-refractivity contribution in [1.82, 2.24) is 10.6 Å². The highest BCUT2D eigenvalue weighted by atomic mass is 16.3. The van der Waals surface area contributed by atoms with Crippen LogP contribution in [0.1, 0.15) is 24.9 Å². The number of benzene rings is 1. The highest BCUT2D eigenvalue weighted by molar-refractivity contribution is 6.00. The van der Waals surface area contributed by atoms with E-state index in [1.807, 2.05) is 6.07 Å². The maximum atomic E-state index is 12.4. The number of hydrogen-bond acceptors (Lipinski definition) is 4. The maximum absolute atomic E-state index is 12.4. The molecule has 0 fully saturated rings. The summed E-state index contributed by atoms with van der Waals surface area (Å²) < 4.78 is 0. The average molecular weight is 320 g/mol. The first-order chi connectivity index (χ1) is 11.0. The molecule has 0 spiro atoms. The fourth-order valence-electron chi connectivity index (χ4n) is 2.08. The molecule has 6 nitrogen and oxygen atoms in total. The summed E-state index contributed by atoms with van der Waals surface area (Å²) in [5, 5.41) is 23.7. The van der Waals surface area contributed by atoms with Gasteiger partial charge in [0.25, 0.3) is 0 Å². The van der Waals surface area contributed by atoms with Gasteiger partial charge in [0, 0.05) is 6.04 Å². The molecule has 0 radical (unpaired) electrons. The fourth-order valence-corrected chi connectivity index (χ4v) is 2.08. The van der Waals surface area contributed by atoms with Gasteiger partial charge in [-0.05, 0) is 18.9 Å². The molecule has 4 N–H and O–H groups in total. The smallest absolute Gasteiger partial charge is 0.233 e. The number of carbonyl (C=O) groups is 2. The molecule has 23 heavy (non-hydrogen) atoms. The molecule has 0 aliphatic heterocycles. The Bertz CT molecular complexity index is 519. The van der Waals surface area contributed by atoms with Crippen LogP contribution in [0.25, 0.3) is 0 Å². The van der Waals surface area contributed by atoms with Crippen LogP contribution in [0.4, 0.5) is 0 Å². The van der Waals surface area contributed by atoms with Crippen molar-refractivity contribution in [2.75, 3.05) is 13.2 Å². The van der Waals surface area contributed by atoms with Crippen molar-refractivity contribution in [3.05, 3.63) is 48.6 Å². The van der Waals surface area contributed by atoms with Gasteiger partial charge >= 0.3 is 0 Å². The molecule has 0 aliphatic rings. The molecule has 126 valence electrons. The van der Waals surface area contributed by atoms with E-state index in [2.05, 4.69) is 17.2 Å². The molecular formula is C17H24N2O4. The molecule has 0 aromatic heterocycles. The molecule has 2 amide bonds. The Morgan fingerprint density at radius 1 is 1.13 bits per heavy atom. The Balaban J connectivity index is 2.80. The molecular weight excluding hydrogens is 296 g/mol. The lowest BCUT2D eigenvalue weighted by molar-refractivity contribution is -0.136. The predicted octanol–water partition coefficient (Wildman–Crippen LogP) is 0.526. The van der Waals surface area contributed by atoms with Crippen molar-refractivity contribution in [3.8, 4) is 0 Å². The molecule has 1 aromatic rings. The van der Waals surface area contributed by atoms with Gasteiger partial charge in [-0.3, -0.25) is 9.59 Å². The average Bonchev–Trinajstić information content (AvgIpc) is 2.57. The van der Waals surface area contributed by atoms with Crippen LogP contribution in [0.15, 0.2) is 43.0 Å². The lowest BCUT2D eigenvalue weighted by Crippen LogP contribution is -2.46. The highest BCUT2D eigenvalue weighted by Gasteiger charge is 2.28. The Labute approximate surface area is 136 Å². The number of hydrogen-bond donors (Lipinski definition) is 4. The molecule has 0 aliphatic carbocycles. The van der Waals surface area contributed by atoms with Gasteiger partial charge in [0.1, 0.15) is 5.92 Å². The van der Waals surface area contributed by atoms with Gasteiger partial charge in [-0.25, -0.2) is 0 Å². The molecule has 3 atom stereocenters. The standard InChI is InChI=1S/C17H24N2O4/c1-3-7-14(16(22)18-12(2)10-20)17(23)19-15(11-21)13-8-5-4-6-9-13/h3-6,8-9,12,14-15,20-21H,1,7,10-11H2,2H3,(H,18,22)(H,19,23)/t12-,14?,15-/m1/s1. The maximum Gasteiger partial charge on any atom is 0.233 e. The lowest BCUT2D eigenvalue weighted by Gasteiger charge is -2.22. The summed E-state index contributed by atoms with van der Waals surface area (Å²) in [4.78, 5) is 24.6. The topological polar surface area (TPSA) is 98.7 Å². The van der Waals surface area contributed by atoms with Gasteiger partial charge in [0.2, 0.25) is 11.8 Å². The van der Waals surface area contributed by atoms with Crippen LogP contribution in [0.3, 0.4) is 0 Å². The summed E-state index contributed by atoms with van der Waals surface area (Å²) in [5.41, 5.74) is 0.754. The van der Waals surface area contributed by atoms with Crippen LogP contribution in [-0.2, 0) is 9.59 Å². The van der Waals surface area contributed by atoms with Gasteiger partial charge in [0.05, 0.1) is 19.3 Å². The van der Waals surface area contributed by atoms with E-state index in [4.69, 9.17) is 5.11 Å². The van der Waals surface area contributed by atoms with Crippen LogP contribution in [0.2, 0.25) is 0 Å². The summed E-state index contributed by atoms with van der Waals surface area (Å²) in [6.45, 7) is 4.72. The van der Waals surface area contributed by atoms with Gasteiger partial charge in [-0.2, -0.15) is 0 Å². The minimum absolute atomic E-state index is 0.169. The van der Waals surface area contributed by atoms with E-state index in [0.717, 1.165) is 5.56 Å². The number of rotatable bonds is 9. The number of allylic oxidation sites excluding steroid dienone is 1. The molecule has 1 aromatic carbocycles. The van der Waals surface area contributed by atoms with Crippen LogP contribution in [0.5, 0.6) is 0 Å². The molecule has 6 heteroatoms. The largest absolute Gasteiger partial charge is 0.394 e. The van der Waals surface area contributed by atoms with E-state index >= 15 is 0 Å². The van der Waals surface area contributed by atoms with E-state index < -0.39 is 29.8 Å². The van der Waals surface area contributed by atoms with Crippen molar-refractivity contribution in [1.29, 1.82) is 0 Å². The zero-order valence-electron chi connectivity index (χ0n) is 13.2. The van der Waals surface area contributed by atoms with Crippen LogP contribution < -0.4 is 10.6 Å². The Morgan fingerprint density at radius 2 is 1.74 bits per heavy atom. The zero-order valence-corrected chi connectivity index (χ0v) is 13.2. The highest BCUT2D eigenvalue weighted by Crippen LogP contribution is 2.14. The predicted molar refractivity (Wildman–Crippen MR) is 87.4 cm³/mol. The van der Waals surface area contributed by atoms with Crippen LogP contribution in [-0.4, -0.2) is 41.3 Å². The summed E-state index contributed by atoms with van der Waals surface area (Å²) >= 11 is 0. The SMILES string of the molecule is C=CCC(C(=O)N[C@H](C)CO)C(=O)N[C@H](CO)c1ccccc1. The molecule has 0 saturated carbocycles. The molecule has 0 heterocycles. The monoisotopic (exact) mass is 320 g/mol. The summed E-state index contributed by atoms with van der Waals surface area (Å²) in [5.74, 6) is -1.93. The Hall–Kier alpha value is -2.18. The van der Waals surface area contributed by atoms with Crippen molar-refractivity contribution >= 4 is 11.8 Å². The van der Waals surface area contributed by atoms with E-state index in [9.17, 15) is 14.7 Å². The fraction of sp³-hybridized carbons (Fsp3) is 0.412.